The van der Waals surface area contributed by atoms with Crippen LogP contribution in [0.15, 0.2) is 30.3 Å². The molecule has 0 aromatic heterocycles. The molecule has 1 aliphatic rings. The molecule has 1 saturated heterocycles. The van der Waals surface area contributed by atoms with Crippen molar-refractivity contribution in [2.24, 2.45) is 0 Å². The highest BCUT2D eigenvalue weighted by molar-refractivity contribution is 5.25. The Morgan fingerprint density at radius 3 is 2.78 bits per heavy atom. The summed E-state index contributed by atoms with van der Waals surface area (Å²) in [6.07, 6.45) is 5.12. The Kier molecular flexibility index (Phi) is 4.78. The van der Waals surface area contributed by atoms with Crippen LogP contribution in [-0.4, -0.2) is 24.0 Å². The quantitative estimate of drug-likeness (QED) is 0.807. The van der Waals surface area contributed by atoms with Gasteiger partial charge in [-0.2, -0.15) is 5.26 Å². The summed E-state index contributed by atoms with van der Waals surface area (Å²) < 4.78 is 0. The molecule has 0 aliphatic carbocycles. The largest absolute Gasteiger partial charge is 0.299 e. The Balaban J connectivity index is 2.04. The molecule has 2 rings (SSSR count). The molecular formula is C16H22N2. The molecule has 0 spiro atoms. The minimum atomic E-state index is 0.0124. The van der Waals surface area contributed by atoms with E-state index in [1.165, 1.54) is 25.7 Å². The first-order valence-electron chi connectivity index (χ1n) is 7.03. The standard InChI is InChI=1S/C16H22N2/c1-2-16-10-6-7-11-18(16)13-15(12-17)14-8-4-3-5-9-14/h3-5,8-9,15-16H,2,6-7,10-11,13H2,1H3. The van der Waals surface area contributed by atoms with Gasteiger partial charge in [0.25, 0.3) is 0 Å². The molecule has 2 nitrogen and oxygen atoms in total. The van der Waals surface area contributed by atoms with Crippen LogP contribution in [0.25, 0.3) is 0 Å². The van der Waals surface area contributed by atoms with Gasteiger partial charge < -0.3 is 0 Å². The second-order valence-corrected chi connectivity index (χ2v) is 5.15. The molecule has 2 atom stereocenters. The molecule has 1 fully saturated rings. The average molecular weight is 242 g/mol. The fraction of sp³-hybridized carbons (Fsp3) is 0.562. The lowest BCUT2D eigenvalue weighted by molar-refractivity contribution is 0.141. The number of benzene rings is 1. The van der Waals surface area contributed by atoms with Gasteiger partial charge in [0.2, 0.25) is 0 Å². The van der Waals surface area contributed by atoms with E-state index in [1.54, 1.807) is 0 Å². The van der Waals surface area contributed by atoms with E-state index in [0.717, 1.165) is 18.7 Å². The van der Waals surface area contributed by atoms with Crippen molar-refractivity contribution >= 4 is 0 Å². The van der Waals surface area contributed by atoms with Crippen LogP contribution < -0.4 is 0 Å². The lowest BCUT2D eigenvalue weighted by atomic mass is 9.95. The van der Waals surface area contributed by atoms with Crippen LogP contribution in [-0.2, 0) is 0 Å². The Bertz CT molecular complexity index is 393. The molecule has 96 valence electrons. The topological polar surface area (TPSA) is 27.0 Å². The minimum Gasteiger partial charge on any atom is -0.299 e. The maximum absolute atomic E-state index is 9.39. The van der Waals surface area contributed by atoms with Gasteiger partial charge in [-0.05, 0) is 31.4 Å². The first-order chi connectivity index (χ1) is 8.85. The fourth-order valence-corrected chi connectivity index (χ4v) is 2.90. The van der Waals surface area contributed by atoms with Gasteiger partial charge in [0.15, 0.2) is 0 Å². The second-order valence-electron chi connectivity index (χ2n) is 5.15. The molecule has 1 heterocycles. The highest BCUT2D eigenvalue weighted by atomic mass is 15.2. The zero-order valence-corrected chi connectivity index (χ0v) is 11.2. The lowest BCUT2D eigenvalue weighted by Crippen LogP contribution is -2.41. The molecule has 1 aromatic carbocycles. The van der Waals surface area contributed by atoms with Gasteiger partial charge in [-0.15, -0.1) is 0 Å². The van der Waals surface area contributed by atoms with Crippen LogP contribution in [0.5, 0.6) is 0 Å². The van der Waals surface area contributed by atoms with Crippen LogP contribution in [0, 0.1) is 11.3 Å². The Labute approximate surface area is 110 Å². The van der Waals surface area contributed by atoms with E-state index < -0.39 is 0 Å². The Morgan fingerprint density at radius 2 is 2.11 bits per heavy atom. The molecule has 0 amide bonds. The molecule has 1 aromatic rings. The Hall–Kier alpha value is -1.33. The first-order valence-corrected chi connectivity index (χ1v) is 7.03. The molecule has 1 aliphatic heterocycles. The number of hydrogen-bond donors (Lipinski definition) is 0. The van der Waals surface area contributed by atoms with Gasteiger partial charge in [0.05, 0.1) is 12.0 Å². The van der Waals surface area contributed by atoms with Crippen molar-refractivity contribution < 1.29 is 0 Å². The molecule has 0 radical (unpaired) electrons. The van der Waals surface area contributed by atoms with E-state index in [-0.39, 0.29) is 5.92 Å². The number of nitriles is 1. The molecule has 2 unspecified atom stereocenters. The van der Waals surface area contributed by atoms with Gasteiger partial charge in [-0.1, -0.05) is 43.7 Å². The van der Waals surface area contributed by atoms with Crippen molar-refractivity contribution in [3.05, 3.63) is 35.9 Å². The molecule has 0 N–H and O–H groups in total. The summed E-state index contributed by atoms with van der Waals surface area (Å²) in [7, 11) is 0. The van der Waals surface area contributed by atoms with Crippen molar-refractivity contribution in [3.8, 4) is 6.07 Å². The van der Waals surface area contributed by atoms with Gasteiger partial charge >= 0.3 is 0 Å². The van der Waals surface area contributed by atoms with Crippen LogP contribution in [0.1, 0.15) is 44.1 Å². The van der Waals surface area contributed by atoms with Crippen molar-refractivity contribution in [3.63, 3.8) is 0 Å². The molecule has 0 saturated carbocycles. The summed E-state index contributed by atoms with van der Waals surface area (Å²) >= 11 is 0. The van der Waals surface area contributed by atoms with Crippen molar-refractivity contribution in [2.75, 3.05) is 13.1 Å². The van der Waals surface area contributed by atoms with E-state index in [1.807, 2.05) is 18.2 Å². The van der Waals surface area contributed by atoms with Crippen LogP contribution in [0.2, 0.25) is 0 Å². The monoisotopic (exact) mass is 242 g/mol. The molecule has 2 heteroatoms. The third kappa shape index (κ3) is 3.11. The zero-order chi connectivity index (χ0) is 12.8. The summed E-state index contributed by atoms with van der Waals surface area (Å²) in [4.78, 5) is 2.52. The fourth-order valence-electron chi connectivity index (χ4n) is 2.90. The highest BCUT2D eigenvalue weighted by Gasteiger charge is 2.24. The van der Waals surface area contributed by atoms with E-state index in [0.29, 0.717) is 6.04 Å². The zero-order valence-electron chi connectivity index (χ0n) is 11.2. The third-order valence-corrected chi connectivity index (χ3v) is 4.00. The van der Waals surface area contributed by atoms with Crippen LogP contribution in [0.3, 0.4) is 0 Å². The predicted octanol–water partition coefficient (Wildman–Crippen LogP) is 3.56. The first kappa shape index (κ1) is 13.1. The van der Waals surface area contributed by atoms with Crippen molar-refractivity contribution in [1.29, 1.82) is 5.26 Å². The van der Waals surface area contributed by atoms with Gasteiger partial charge in [0, 0.05) is 12.6 Å². The number of likely N-dealkylation sites (tertiary alicyclic amines) is 1. The van der Waals surface area contributed by atoms with Crippen molar-refractivity contribution in [1.82, 2.24) is 4.90 Å². The summed E-state index contributed by atoms with van der Waals surface area (Å²) in [5.41, 5.74) is 1.15. The predicted molar refractivity (Wildman–Crippen MR) is 74.3 cm³/mol. The van der Waals surface area contributed by atoms with Crippen molar-refractivity contribution in [2.45, 2.75) is 44.6 Å². The van der Waals surface area contributed by atoms with E-state index in [2.05, 4.69) is 30.0 Å². The summed E-state index contributed by atoms with van der Waals surface area (Å²) in [6.45, 7) is 4.30. The van der Waals surface area contributed by atoms with Gasteiger partial charge in [0.1, 0.15) is 0 Å². The number of hydrogen-bond acceptors (Lipinski definition) is 2. The summed E-state index contributed by atoms with van der Waals surface area (Å²) in [6, 6.07) is 13.3. The van der Waals surface area contributed by atoms with Gasteiger partial charge in [-0.3, -0.25) is 4.90 Å². The van der Waals surface area contributed by atoms with Gasteiger partial charge in [-0.25, -0.2) is 0 Å². The maximum atomic E-state index is 9.39. The van der Waals surface area contributed by atoms with E-state index in [4.69, 9.17) is 0 Å². The molecular weight excluding hydrogens is 220 g/mol. The SMILES string of the molecule is CCC1CCCCN1CC(C#N)c1ccccc1. The second kappa shape index (κ2) is 6.56. The average Bonchev–Trinajstić information content (AvgIpc) is 2.46. The smallest absolute Gasteiger partial charge is 0.0839 e. The minimum absolute atomic E-state index is 0.0124. The number of nitrogens with zero attached hydrogens (tertiary/aromatic N) is 2. The summed E-state index contributed by atoms with van der Waals surface area (Å²) in [5.74, 6) is 0.0124. The number of piperidine rings is 1. The molecule has 0 bridgehead atoms. The Morgan fingerprint density at radius 1 is 1.33 bits per heavy atom. The lowest BCUT2D eigenvalue weighted by Gasteiger charge is -2.36. The van der Waals surface area contributed by atoms with E-state index >= 15 is 0 Å². The highest BCUT2D eigenvalue weighted by Crippen LogP contribution is 2.24. The van der Waals surface area contributed by atoms with Crippen LogP contribution in [0.4, 0.5) is 0 Å². The van der Waals surface area contributed by atoms with E-state index in [9.17, 15) is 5.26 Å². The molecule has 18 heavy (non-hydrogen) atoms. The normalized spacial score (nSPS) is 22.3. The van der Waals surface area contributed by atoms with Crippen LogP contribution >= 0.6 is 0 Å². The summed E-state index contributed by atoms with van der Waals surface area (Å²) in [5, 5.41) is 9.39. The maximum Gasteiger partial charge on any atom is 0.0839 e. The number of rotatable bonds is 4. The third-order valence-electron chi connectivity index (χ3n) is 4.00.